The zero-order valence-corrected chi connectivity index (χ0v) is 20.5. The highest BCUT2D eigenvalue weighted by molar-refractivity contribution is 6.42. The fourth-order valence-corrected chi connectivity index (χ4v) is 4.00. The second-order valence-corrected chi connectivity index (χ2v) is 8.92. The van der Waals surface area contributed by atoms with Gasteiger partial charge in [-0.05, 0) is 47.9 Å². The molecular formula is C26H25Cl3N2O2. The predicted octanol–water partition coefficient (Wildman–Crippen LogP) is 5.97. The lowest BCUT2D eigenvalue weighted by Crippen LogP contribution is -2.50. The Labute approximate surface area is 209 Å². The van der Waals surface area contributed by atoms with Crippen molar-refractivity contribution in [1.29, 1.82) is 0 Å². The molecule has 7 heteroatoms. The fraction of sp³-hybridized carbons (Fsp3) is 0.231. The van der Waals surface area contributed by atoms with E-state index in [1.54, 1.807) is 35.2 Å². The fourth-order valence-electron chi connectivity index (χ4n) is 3.56. The van der Waals surface area contributed by atoms with Crippen LogP contribution in [0.1, 0.15) is 23.6 Å². The third-order valence-corrected chi connectivity index (χ3v) is 6.22. The first-order chi connectivity index (χ1) is 15.9. The van der Waals surface area contributed by atoms with E-state index in [0.717, 1.165) is 16.7 Å². The van der Waals surface area contributed by atoms with Crippen molar-refractivity contribution in [3.63, 3.8) is 0 Å². The molecule has 0 saturated heterocycles. The molecular weight excluding hydrogens is 479 g/mol. The molecule has 0 bridgehead atoms. The number of carbonyl (C=O) groups is 2. The molecule has 0 aliphatic heterocycles. The number of nitrogens with zero attached hydrogens (tertiary/aromatic N) is 1. The summed E-state index contributed by atoms with van der Waals surface area (Å²) < 4.78 is 0. The summed E-state index contributed by atoms with van der Waals surface area (Å²) in [6.45, 7) is 2.60. The van der Waals surface area contributed by atoms with Crippen molar-refractivity contribution in [2.75, 3.05) is 6.54 Å². The molecule has 1 atom stereocenters. The summed E-state index contributed by atoms with van der Waals surface area (Å²) in [5.41, 5.74) is 2.58. The molecule has 172 valence electrons. The standard InChI is InChI=1S/C26H25Cl3N2O2/c1-2-30-26(33)24(15-18-6-4-3-5-7-18)31(17-19-8-11-21(27)12-9-19)25(32)16-20-10-13-22(28)23(29)14-20/h3-14,24H,2,15-17H2,1H3,(H,30,33)/t24-/m0/s1. The van der Waals surface area contributed by atoms with Crippen LogP contribution in [0, 0.1) is 0 Å². The van der Waals surface area contributed by atoms with Gasteiger partial charge in [0.15, 0.2) is 0 Å². The summed E-state index contributed by atoms with van der Waals surface area (Å²) in [6, 6.07) is 21.4. The summed E-state index contributed by atoms with van der Waals surface area (Å²) in [5.74, 6) is -0.381. The number of benzene rings is 3. The van der Waals surface area contributed by atoms with Gasteiger partial charge >= 0.3 is 0 Å². The Hall–Kier alpha value is -2.53. The molecule has 2 amide bonds. The van der Waals surface area contributed by atoms with E-state index in [4.69, 9.17) is 34.8 Å². The van der Waals surface area contributed by atoms with Crippen LogP contribution in [0.5, 0.6) is 0 Å². The van der Waals surface area contributed by atoms with Crippen molar-refractivity contribution in [3.8, 4) is 0 Å². The van der Waals surface area contributed by atoms with Crippen LogP contribution in [0.3, 0.4) is 0 Å². The molecule has 0 heterocycles. The molecule has 0 aliphatic carbocycles. The minimum absolute atomic E-state index is 0.0924. The SMILES string of the molecule is CCNC(=O)[C@H](Cc1ccccc1)N(Cc1ccc(Cl)cc1)C(=O)Cc1ccc(Cl)c(Cl)c1. The summed E-state index contributed by atoms with van der Waals surface area (Å²) in [5, 5.41) is 4.30. The zero-order chi connectivity index (χ0) is 23.8. The first-order valence-corrected chi connectivity index (χ1v) is 11.8. The van der Waals surface area contributed by atoms with Crippen molar-refractivity contribution in [3.05, 3.63) is 105 Å². The van der Waals surface area contributed by atoms with Crippen LogP contribution in [-0.2, 0) is 29.0 Å². The molecule has 3 rings (SSSR count). The smallest absolute Gasteiger partial charge is 0.243 e. The van der Waals surface area contributed by atoms with Crippen molar-refractivity contribution >= 4 is 46.6 Å². The van der Waals surface area contributed by atoms with Crippen molar-refractivity contribution in [2.45, 2.75) is 32.4 Å². The number of likely N-dealkylation sites (N-methyl/N-ethyl adjacent to an activating group) is 1. The minimum atomic E-state index is -0.682. The van der Waals surface area contributed by atoms with Gasteiger partial charge in [0.1, 0.15) is 6.04 Å². The van der Waals surface area contributed by atoms with Gasteiger partial charge in [-0.3, -0.25) is 9.59 Å². The number of halogens is 3. The van der Waals surface area contributed by atoms with Gasteiger partial charge in [0.25, 0.3) is 0 Å². The van der Waals surface area contributed by atoms with Crippen LogP contribution >= 0.6 is 34.8 Å². The van der Waals surface area contributed by atoms with Crippen molar-refractivity contribution < 1.29 is 9.59 Å². The van der Waals surface area contributed by atoms with Gasteiger partial charge in [-0.25, -0.2) is 0 Å². The average molecular weight is 504 g/mol. The first-order valence-electron chi connectivity index (χ1n) is 10.7. The van der Waals surface area contributed by atoms with E-state index < -0.39 is 6.04 Å². The van der Waals surface area contributed by atoms with E-state index in [1.807, 2.05) is 49.4 Å². The normalized spacial score (nSPS) is 11.6. The van der Waals surface area contributed by atoms with Gasteiger partial charge in [0.05, 0.1) is 16.5 Å². The monoisotopic (exact) mass is 502 g/mol. The van der Waals surface area contributed by atoms with Gasteiger partial charge in [-0.15, -0.1) is 0 Å². The molecule has 0 spiro atoms. The Bertz CT molecular complexity index is 1090. The van der Waals surface area contributed by atoms with Crippen LogP contribution < -0.4 is 5.32 Å². The minimum Gasteiger partial charge on any atom is -0.355 e. The Morgan fingerprint density at radius 2 is 1.52 bits per heavy atom. The maximum Gasteiger partial charge on any atom is 0.243 e. The van der Waals surface area contributed by atoms with Crippen LogP contribution in [0.4, 0.5) is 0 Å². The van der Waals surface area contributed by atoms with Gasteiger partial charge in [-0.1, -0.05) is 83.3 Å². The third-order valence-electron chi connectivity index (χ3n) is 5.23. The zero-order valence-electron chi connectivity index (χ0n) is 18.2. The molecule has 0 fully saturated rings. The lowest BCUT2D eigenvalue weighted by atomic mass is 10.0. The molecule has 0 aromatic heterocycles. The van der Waals surface area contributed by atoms with Crippen molar-refractivity contribution in [1.82, 2.24) is 10.2 Å². The van der Waals surface area contributed by atoms with Crippen LogP contribution in [-0.4, -0.2) is 29.3 Å². The maximum atomic E-state index is 13.6. The molecule has 0 saturated carbocycles. The molecule has 0 unspecified atom stereocenters. The largest absolute Gasteiger partial charge is 0.355 e. The van der Waals surface area contributed by atoms with E-state index in [1.165, 1.54) is 0 Å². The van der Waals surface area contributed by atoms with Crippen LogP contribution in [0.2, 0.25) is 15.1 Å². The molecule has 4 nitrogen and oxygen atoms in total. The number of amides is 2. The average Bonchev–Trinajstić information content (AvgIpc) is 2.80. The Kier molecular flexibility index (Phi) is 9.19. The molecule has 3 aromatic carbocycles. The summed E-state index contributed by atoms with van der Waals surface area (Å²) in [7, 11) is 0. The number of carbonyl (C=O) groups excluding carboxylic acids is 2. The van der Waals surface area contributed by atoms with E-state index in [-0.39, 0.29) is 24.8 Å². The summed E-state index contributed by atoms with van der Waals surface area (Å²) in [4.78, 5) is 28.3. The molecule has 0 radical (unpaired) electrons. The molecule has 0 aliphatic rings. The van der Waals surface area contributed by atoms with Gasteiger partial charge in [-0.2, -0.15) is 0 Å². The van der Waals surface area contributed by atoms with Gasteiger partial charge in [0, 0.05) is 24.5 Å². The quantitative estimate of drug-likeness (QED) is 0.391. The molecule has 33 heavy (non-hydrogen) atoms. The van der Waals surface area contributed by atoms with E-state index >= 15 is 0 Å². The number of rotatable bonds is 9. The summed E-state index contributed by atoms with van der Waals surface area (Å²) in [6.07, 6.45) is 0.489. The van der Waals surface area contributed by atoms with Gasteiger partial charge < -0.3 is 10.2 Å². The second kappa shape index (κ2) is 12.1. The topological polar surface area (TPSA) is 49.4 Å². The Morgan fingerprint density at radius 1 is 0.848 bits per heavy atom. The van der Waals surface area contributed by atoms with Crippen LogP contribution in [0.25, 0.3) is 0 Å². The highest BCUT2D eigenvalue weighted by Crippen LogP contribution is 2.24. The Balaban J connectivity index is 1.95. The first kappa shape index (κ1) is 25.1. The number of hydrogen-bond donors (Lipinski definition) is 1. The number of hydrogen-bond acceptors (Lipinski definition) is 2. The number of nitrogens with one attached hydrogen (secondary N) is 1. The molecule has 3 aromatic rings. The Morgan fingerprint density at radius 3 is 2.15 bits per heavy atom. The van der Waals surface area contributed by atoms with Crippen molar-refractivity contribution in [2.24, 2.45) is 0 Å². The third kappa shape index (κ3) is 7.23. The predicted molar refractivity (Wildman–Crippen MR) is 135 cm³/mol. The maximum absolute atomic E-state index is 13.6. The summed E-state index contributed by atoms with van der Waals surface area (Å²) >= 11 is 18.2. The van der Waals surface area contributed by atoms with E-state index in [9.17, 15) is 9.59 Å². The van der Waals surface area contributed by atoms with Crippen LogP contribution in [0.15, 0.2) is 72.8 Å². The second-order valence-electron chi connectivity index (χ2n) is 7.67. The highest BCUT2D eigenvalue weighted by Gasteiger charge is 2.30. The van der Waals surface area contributed by atoms with E-state index in [0.29, 0.717) is 28.0 Å². The lowest BCUT2D eigenvalue weighted by Gasteiger charge is -2.31. The highest BCUT2D eigenvalue weighted by atomic mass is 35.5. The van der Waals surface area contributed by atoms with E-state index in [2.05, 4.69) is 5.32 Å². The van der Waals surface area contributed by atoms with Gasteiger partial charge in [0.2, 0.25) is 11.8 Å². The lowest BCUT2D eigenvalue weighted by molar-refractivity contribution is -0.140. The molecule has 1 N–H and O–H groups in total.